The number of rotatable bonds is 10. The number of aromatic nitrogens is 4. The van der Waals surface area contributed by atoms with Gasteiger partial charge >= 0.3 is 0 Å². The minimum absolute atomic E-state index is 0.135. The third kappa shape index (κ3) is 6.74. The highest BCUT2D eigenvalue weighted by molar-refractivity contribution is 5.84. The lowest BCUT2D eigenvalue weighted by atomic mass is 9.81. The summed E-state index contributed by atoms with van der Waals surface area (Å²) in [5.74, 6) is 3.19. The smallest absolute Gasteiger partial charge is 0.223 e. The molecule has 10 heteroatoms. The van der Waals surface area contributed by atoms with Crippen molar-refractivity contribution in [2.24, 2.45) is 16.6 Å². The highest BCUT2D eigenvalue weighted by Gasteiger charge is 2.34. The monoisotopic (exact) mass is 570 g/mol. The molecular weight excluding hydrogens is 528 g/mol. The molecule has 2 aliphatic carbocycles. The van der Waals surface area contributed by atoms with Crippen molar-refractivity contribution < 1.29 is 9.53 Å². The Morgan fingerprint density at radius 2 is 1.81 bits per heavy atom. The third-order valence-corrected chi connectivity index (χ3v) is 9.15. The van der Waals surface area contributed by atoms with E-state index in [-0.39, 0.29) is 18.0 Å². The molecular formula is C32H42N8O2. The molecule has 0 spiro atoms. The van der Waals surface area contributed by atoms with Crippen LogP contribution in [0.2, 0.25) is 0 Å². The average molecular weight is 571 g/mol. The molecule has 0 bridgehead atoms. The van der Waals surface area contributed by atoms with Crippen molar-refractivity contribution in [3.8, 4) is 11.6 Å². The van der Waals surface area contributed by atoms with Crippen LogP contribution in [0.25, 0.3) is 0 Å². The van der Waals surface area contributed by atoms with E-state index in [1.165, 1.54) is 44.9 Å². The maximum absolute atomic E-state index is 13.9. The zero-order valence-corrected chi connectivity index (χ0v) is 24.3. The highest BCUT2D eigenvalue weighted by atomic mass is 16.5. The lowest BCUT2D eigenvalue weighted by Crippen LogP contribution is -2.50. The summed E-state index contributed by atoms with van der Waals surface area (Å²) in [6.45, 7) is 1.10. The Balaban J connectivity index is 1.20. The van der Waals surface area contributed by atoms with Crippen molar-refractivity contribution in [3.63, 3.8) is 0 Å². The fourth-order valence-electron chi connectivity index (χ4n) is 6.96. The molecule has 3 aromatic rings. The maximum atomic E-state index is 13.9. The number of benzene rings is 1. The topological polar surface area (TPSA) is 126 Å². The largest absolute Gasteiger partial charge is 0.439 e. The van der Waals surface area contributed by atoms with Crippen LogP contribution in [0.5, 0.6) is 11.6 Å². The van der Waals surface area contributed by atoms with Crippen LogP contribution in [0.3, 0.4) is 0 Å². The summed E-state index contributed by atoms with van der Waals surface area (Å²) in [5, 5.41) is 6.97. The second-order valence-corrected chi connectivity index (χ2v) is 11.9. The molecule has 6 rings (SSSR count). The predicted octanol–water partition coefficient (Wildman–Crippen LogP) is 5.84. The summed E-state index contributed by atoms with van der Waals surface area (Å²) in [4.78, 5) is 31.7. The van der Waals surface area contributed by atoms with Gasteiger partial charge in [-0.05, 0) is 50.2 Å². The number of hydrogen-bond acceptors (Lipinski definition) is 8. The average Bonchev–Trinajstić information content (AvgIpc) is 3.55. The number of nitrogens with zero attached hydrogens (tertiary/aromatic N) is 6. The highest BCUT2D eigenvalue weighted by Crippen LogP contribution is 2.36. The minimum Gasteiger partial charge on any atom is -0.439 e. The Morgan fingerprint density at radius 3 is 2.55 bits per heavy atom. The number of aromatic amines is 1. The Hall–Kier alpha value is -3.95. The molecule has 2 saturated carbocycles. The number of hydrogen-bond donors (Lipinski definition) is 2. The van der Waals surface area contributed by atoms with Crippen LogP contribution in [0.15, 0.2) is 53.9 Å². The van der Waals surface area contributed by atoms with Gasteiger partial charge in [0.1, 0.15) is 17.9 Å². The molecule has 42 heavy (non-hydrogen) atoms. The number of carbonyl (C=O) groups is 1. The van der Waals surface area contributed by atoms with Gasteiger partial charge in [-0.25, -0.2) is 15.0 Å². The van der Waals surface area contributed by atoms with Crippen molar-refractivity contribution in [1.82, 2.24) is 30.0 Å². The Labute approximate surface area is 247 Å². The van der Waals surface area contributed by atoms with Crippen LogP contribution >= 0.6 is 0 Å². The number of fused-ring (bicyclic) bond motifs is 1. The number of nitrogens with one attached hydrogen (secondary N) is 1. The van der Waals surface area contributed by atoms with Gasteiger partial charge in [0, 0.05) is 36.7 Å². The fourth-order valence-corrected chi connectivity index (χ4v) is 6.96. The summed E-state index contributed by atoms with van der Waals surface area (Å²) >= 11 is 0. The van der Waals surface area contributed by atoms with E-state index in [1.54, 1.807) is 6.20 Å². The molecule has 1 atom stereocenters. The standard InChI is InChI=1S/C32H42N8O2/c33-32-37-27-19-34-30(42-26-14-8-3-9-15-26)18-24(27)20-40(32)28(23-10-4-1-5-11-23)16-17-31(41)39(21-29-35-22-36-38-29)25-12-6-2-7-13-25/h3,8-9,14-15,18-19,22-23,25,28H,1-2,4-7,10-13,16-17,20-21H2,(H2,33,37)(H,35,36,38)/t28-/m0/s1. The summed E-state index contributed by atoms with van der Waals surface area (Å²) in [7, 11) is 0. The number of ether oxygens (including phenoxy) is 1. The van der Waals surface area contributed by atoms with Gasteiger partial charge in [0.2, 0.25) is 11.8 Å². The second kappa shape index (κ2) is 13.4. The van der Waals surface area contributed by atoms with Crippen LogP contribution in [0.1, 0.15) is 88.4 Å². The van der Waals surface area contributed by atoms with Crippen LogP contribution in [0, 0.1) is 5.92 Å². The predicted molar refractivity (Wildman–Crippen MR) is 161 cm³/mol. The van der Waals surface area contributed by atoms with E-state index in [1.807, 2.05) is 36.4 Å². The lowest BCUT2D eigenvalue weighted by molar-refractivity contribution is -0.135. The molecule has 0 saturated heterocycles. The van der Waals surface area contributed by atoms with Crippen LogP contribution < -0.4 is 10.5 Å². The first-order valence-electron chi connectivity index (χ1n) is 15.6. The van der Waals surface area contributed by atoms with Gasteiger partial charge in [-0.2, -0.15) is 5.10 Å². The van der Waals surface area contributed by atoms with Crippen molar-refractivity contribution in [2.75, 3.05) is 0 Å². The van der Waals surface area contributed by atoms with E-state index in [0.717, 1.165) is 54.9 Å². The molecule has 10 nitrogen and oxygen atoms in total. The molecule has 3 aliphatic rings. The van der Waals surface area contributed by atoms with E-state index in [0.29, 0.717) is 37.3 Å². The number of amides is 1. The molecule has 0 radical (unpaired) electrons. The molecule has 3 N–H and O–H groups in total. The number of H-pyrrole nitrogens is 1. The Bertz CT molecular complexity index is 1330. The van der Waals surface area contributed by atoms with Gasteiger partial charge in [-0.1, -0.05) is 56.7 Å². The first-order valence-corrected chi connectivity index (χ1v) is 15.6. The number of nitrogens with two attached hydrogens (primary N) is 1. The van der Waals surface area contributed by atoms with Crippen LogP contribution in [0.4, 0.5) is 5.69 Å². The zero-order chi connectivity index (χ0) is 28.7. The number of pyridine rings is 1. The summed E-state index contributed by atoms with van der Waals surface area (Å²) in [6.07, 6.45) is 16.2. The van der Waals surface area contributed by atoms with Crippen molar-refractivity contribution >= 4 is 17.6 Å². The van der Waals surface area contributed by atoms with Gasteiger partial charge in [-0.15, -0.1) is 0 Å². The number of para-hydroxylation sites is 1. The number of aliphatic imine (C=N–C) groups is 1. The molecule has 2 aromatic heterocycles. The van der Waals surface area contributed by atoms with Gasteiger partial charge in [0.05, 0.1) is 18.4 Å². The second-order valence-electron chi connectivity index (χ2n) is 11.9. The summed E-state index contributed by atoms with van der Waals surface area (Å²) in [5.41, 5.74) is 8.45. The molecule has 2 fully saturated rings. The van der Waals surface area contributed by atoms with E-state index in [4.69, 9.17) is 15.5 Å². The molecule has 0 unspecified atom stereocenters. The van der Waals surface area contributed by atoms with Gasteiger partial charge in [0.15, 0.2) is 5.96 Å². The van der Waals surface area contributed by atoms with Crippen LogP contribution in [-0.4, -0.2) is 53.9 Å². The SMILES string of the molecule is NC1=Nc2cnc(Oc3ccccc3)cc2CN1[C@@H](CCC(=O)N(Cc1ncn[nH]1)C1CCCCC1)C1CCCCC1. The quantitative estimate of drug-likeness (QED) is 0.313. The molecule has 3 heterocycles. The zero-order valence-electron chi connectivity index (χ0n) is 24.3. The normalized spacial score (nSPS) is 18.7. The lowest BCUT2D eigenvalue weighted by Gasteiger charge is -2.41. The van der Waals surface area contributed by atoms with Crippen molar-refractivity contribution in [2.45, 2.75) is 102 Å². The first-order chi connectivity index (χ1) is 20.6. The van der Waals surface area contributed by atoms with E-state index >= 15 is 0 Å². The first kappa shape index (κ1) is 28.2. The maximum Gasteiger partial charge on any atom is 0.223 e. The van der Waals surface area contributed by atoms with Gasteiger partial charge in [0.25, 0.3) is 0 Å². The molecule has 222 valence electrons. The Morgan fingerprint density at radius 1 is 1.05 bits per heavy atom. The van der Waals surface area contributed by atoms with Crippen molar-refractivity contribution in [1.29, 1.82) is 0 Å². The summed E-state index contributed by atoms with van der Waals surface area (Å²) in [6, 6.07) is 12.0. The van der Waals surface area contributed by atoms with Crippen LogP contribution in [-0.2, 0) is 17.9 Å². The fraction of sp³-hybridized carbons (Fsp3) is 0.531. The molecule has 1 aromatic carbocycles. The van der Waals surface area contributed by atoms with E-state index < -0.39 is 0 Å². The minimum atomic E-state index is 0.135. The summed E-state index contributed by atoms with van der Waals surface area (Å²) < 4.78 is 6.02. The Kier molecular flexibility index (Phi) is 8.96. The third-order valence-electron chi connectivity index (χ3n) is 9.15. The number of guanidine groups is 1. The van der Waals surface area contributed by atoms with E-state index in [2.05, 4.69) is 30.0 Å². The van der Waals surface area contributed by atoms with Crippen molar-refractivity contribution in [3.05, 3.63) is 60.3 Å². The van der Waals surface area contributed by atoms with E-state index in [9.17, 15) is 4.79 Å². The van der Waals surface area contributed by atoms with Gasteiger partial charge < -0.3 is 20.3 Å². The van der Waals surface area contributed by atoms with Gasteiger partial charge in [-0.3, -0.25) is 9.89 Å². The molecule has 1 amide bonds. The molecule has 1 aliphatic heterocycles. The number of carbonyl (C=O) groups excluding carboxylic acids is 1.